The fraction of sp³-hybridized carbons (Fsp3) is 0.111. The molecule has 4 nitrogen and oxygen atoms in total. The zero-order valence-electron chi connectivity index (χ0n) is 7.46. The minimum Gasteiger partial charge on any atom is -0.246 e. The molecule has 0 aliphatic carbocycles. The molecule has 0 radical (unpaired) electrons. The molecule has 1 unspecified atom stereocenters. The van der Waals surface area contributed by atoms with Crippen LogP contribution < -0.4 is 5.14 Å². The van der Waals surface area contributed by atoms with Gasteiger partial charge in [-0.1, -0.05) is 36.4 Å². The van der Waals surface area contributed by atoms with Gasteiger partial charge in [0.15, 0.2) is 0 Å². The van der Waals surface area contributed by atoms with Gasteiger partial charge in [-0.2, -0.15) is 8.42 Å². The standard InChI is InChI=1S/C9H11NO3S/c1-2-9(13-14(10,11)12)8-6-4-3-5-7-8/h2-7,9H,1H2,(H2,10,11,12). The predicted octanol–water partition coefficient (Wildman–Crippen LogP) is 1.13. The summed E-state index contributed by atoms with van der Waals surface area (Å²) >= 11 is 0. The molecule has 2 N–H and O–H groups in total. The molecule has 0 aliphatic heterocycles. The normalized spacial score (nSPS) is 13.5. The third-order valence-electron chi connectivity index (χ3n) is 1.58. The van der Waals surface area contributed by atoms with Crippen LogP contribution in [-0.4, -0.2) is 8.42 Å². The van der Waals surface area contributed by atoms with Crippen molar-refractivity contribution in [1.82, 2.24) is 0 Å². The average molecular weight is 213 g/mol. The first-order valence-electron chi connectivity index (χ1n) is 3.91. The van der Waals surface area contributed by atoms with Gasteiger partial charge >= 0.3 is 10.3 Å². The zero-order valence-corrected chi connectivity index (χ0v) is 8.28. The Balaban J connectivity index is 2.89. The van der Waals surface area contributed by atoms with E-state index in [0.717, 1.165) is 0 Å². The topological polar surface area (TPSA) is 69.4 Å². The van der Waals surface area contributed by atoms with E-state index in [-0.39, 0.29) is 0 Å². The SMILES string of the molecule is C=CC(OS(N)(=O)=O)c1ccccc1. The summed E-state index contributed by atoms with van der Waals surface area (Å²) in [7, 11) is -3.95. The van der Waals surface area contributed by atoms with Crippen molar-refractivity contribution in [3.8, 4) is 0 Å². The largest absolute Gasteiger partial charge is 0.334 e. The maximum Gasteiger partial charge on any atom is 0.334 e. The van der Waals surface area contributed by atoms with E-state index >= 15 is 0 Å². The van der Waals surface area contributed by atoms with Crippen LogP contribution in [0.3, 0.4) is 0 Å². The van der Waals surface area contributed by atoms with Crippen LogP contribution in [0.5, 0.6) is 0 Å². The van der Waals surface area contributed by atoms with Gasteiger partial charge in [-0.25, -0.2) is 9.32 Å². The lowest BCUT2D eigenvalue weighted by Gasteiger charge is -2.11. The molecular formula is C9H11NO3S. The van der Waals surface area contributed by atoms with Gasteiger partial charge in [0.1, 0.15) is 6.10 Å². The van der Waals surface area contributed by atoms with Crippen LogP contribution >= 0.6 is 0 Å². The average Bonchev–Trinajstić information content (AvgIpc) is 2.14. The van der Waals surface area contributed by atoms with Gasteiger partial charge in [0.2, 0.25) is 0 Å². The number of hydrogen-bond acceptors (Lipinski definition) is 3. The summed E-state index contributed by atoms with van der Waals surface area (Å²) in [4.78, 5) is 0. The molecule has 0 heterocycles. The van der Waals surface area contributed by atoms with Gasteiger partial charge < -0.3 is 0 Å². The van der Waals surface area contributed by atoms with Crippen LogP contribution in [0.15, 0.2) is 43.0 Å². The van der Waals surface area contributed by atoms with Crippen LogP contribution in [0, 0.1) is 0 Å². The van der Waals surface area contributed by atoms with Crippen molar-refractivity contribution in [2.45, 2.75) is 6.10 Å². The molecule has 1 rings (SSSR count). The van der Waals surface area contributed by atoms with E-state index in [1.165, 1.54) is 6.08 Å². The first kappa shape index (κ1) is 10.9. The fourth-order valence-corrected chi connectivity index (χ4v) is 1.50. The molecule has 0 saturated heterocycles. The van der Waals surface area contributed by atoms with E-state index in [9.17, 15) is 8.42 Å². The molecule has 1 atom stereocenters. The van der Waals surface area contributed by atoms with E-state index in [1.807, 2.05) is 6.07 Å². The first-order valence-corrected chi connectivity index (χ1v) is 5.38. The number of hydrogen-bond donors (Lipinski definition) is 1. The summed E-state index contributed by atoms with van der Waals surface area (Å²) in [5.74, 6) is 0. The molecule has 0 spiro atoms. The van der Waals surface area contributed by atoms with Crippen molar-refractivity contribution < 1.29 is 12.6 Å². The Kier molecular flexibility index (Phi) is 3.40. The van der Waals surface area contributed by atoms with Crippen molar-refractivity contribution in [2.24, 2.45) is 5.14 Å². The minimum absolute atomic E-state index is 0.691. The lowest BCUT2D eigenvalue weighted by molar-refractivity contribution is 0.262. The molecular weight excluding hydrogens is 202 g/mol. The van der Waals surface area contributed by atoms with Gasteiger partial charge in [0.05, 0.1) is 0 Å². The number of nitrogens with two attached hydrogens (primary N) is 1. The molecule has 0 saturated carbocycles. The highest BCUT2D eigenvalue weighted by Crippen LogP contribution is 2.18. The summed E-state index contributed by atoms with van der Waals surface area (Å²) in [6, 6.07) is 8.84. The monoisotopic (exact) mass is 213 g/mol. The highest BCUT2D eigenvalue weighted by Gasteiger charge is 2.13. The van der Waals surface area contributed by atoms with E-state index in [4.69, 9.17) is 5.14 Å². The van der Waals surface area contributed by atoms with E-state index in [0.29, 0.717) is 5.56 Å². The highest BCUT2D eigenvalue weighted by molar-refractivity contribution is 7.84. The molecule has 1 aromatic carbocycles. The van der Waals surface area contributed by atoms with Crippen LogP contribution in [0.2, 0.25) is 0 Å². The third-order valence-corrected chi connectivity index (χ3v) is 2.06. The third kappa shape index (κ3) is 3.29. The number of benzene rings is 1. The number of rotatable bonds is 4. The second kappa shape index (κ2) is 4.36. The molecule has 0 aromatic heterocycles. The first-order chi connectivity index (χ1) is 6.53. The molecule has 0 bridgehead atoms. The summed E-state index contributed by atoms with van der Waals surface area (Å²) in [5, 5.41) is 4.75. The van der Waals surface area contributed by atoms with E-state index in [2.05, 4.69) is 10.8 Å². The predicted molar refractivity (Wildman–Crippen MR) is 53.6 cm³/mol. The lowest BCUT2D eigenvalue weighted by atomic mass is 10.1. The second-order valence-corrected chi connectivity index (χ2v) is 3.83. The maximum absolute atomic E-state index is 10.7. The maximum atomic E-state index is 10.7. The van der Waals surface area contributed by atoms with E-state index in [1.54, 1.807) is 24.3 Å². The Morgan fingerprint density at radius 1 is 1.36 bits per heavy atom. The Morgan fingerprint density at radius 3 is 2.36 bits per heavy atom. The van der Waals surface area contributed by atoms with Crippen molar-refractivity contribution in [1.29, 1.82) is 0 Å². The molecule has 5 heteroatoms. The molecule has 0 fully saturated rings. The summed E-state index contributed by atoms with van der Waals surface area (Å²) in [5.41, 5.74) is 0.691. The van der Waals surface area contributed by atoms with Crippen LogP contribution in [-0.2, 0) is 14.5 Å². The minimum atomic E-state index is -3.95. The van der Waals surface area contributed by atoms with Gasteiger partial charge in [0.25, 0.3) is 0 Å². The second-order valence-electron chi connectivity index (χ2n) is 2.66. The lowest BCUT2D eigenvalue weighted by Crippen LogP contribution is -2.18. The molecule has 76 valence electrons. The van der Waals surface area contributed by atoms with Crippen molar-refractivity contribution in [3.05, 3.63) is 48.6 Å². The Bertz CT molecular complexity index is 399. The summed E-state index contributed by atoms with van der Waals surface area (Å²) < 4.78 is 26.0. The Hall–Kier alpha value is -1.17. The van der Waals surface area contributed by atoms with Crippen molar-refractivity contribution >= 4 is 10.3 Å². The van der Waals surface area contributed by atoms with Gasteiger partial charge in [-0.3, -0.25) is 0 Å². The van der Waals surface area contributed by atoms with Gasteiger partial charge in [-0.05, 0) is 5.56 Å². The van der Waals surface area contributed by atoms with Crippen LogP contribution in [0.25, 0.3) is 0 Å². The molecule has 14 heavy (non-hydrogen) atoms. The molecule has 1 aromatic rings. The quantitative estimate of drug-likeness (QED) is 0.762. The van der Waals surface area contributed by atoms with Crippen molar-refractivity contribution in [3.63, 3.8) is 0 Å². The summed E-state index contributed by atoms with van der Waals surface area (Å²) in [6.07, 6.45) is 0.644. The van der Waals surface area contributed by atoms with Crippen LogP contribution in [0.1, 0.15) is 11.7 Å². The fourth-order valence-electron chi connectivity index (χ4n) is 1.02. The van der Waals surface area contributed by atoms with Gasteiger partial charge in [0, 0.05) is 0 Å². The van der Waals surface area contributed by atoms with E-state index < -0.39 is 16.4 Å². The molecule has 0 aliphatic rings. The Morgan fingerprint density at radius 2 is 1.93 bits per heavy atom. The van der Waals surface area contributed by atoms with Crippen LogP contribution in [0.4, 0.5) is 0 Å². The highest BCUT2D eigenvalue weighted by atomic mass is 32.2. The van der Waals surface area contributed by atoms with Gasteiger partial charge in [-0.15, -0.1) is 6.58 Å². The Labute approximate surface area is 83.3 Å². The van der Waals surface area contributed by atoms with Crippen molar-refractivity contribution in [2.75, 3.05) is 0 Å². The summed E-state index contributed by atoms with van der Waals surface area (Å²) in [6.45, 7) is 3.48. The molecule has 0 amide bonds. The smallest absolute Gasteiger partial charge is 0.246 e. The zero-order chi connectivity index (χ0) is 10.6.